The molecule has 0 saturated heterocycles. The molecule has 1 nitrogen and oxygen atoms in total. The standard InChI is InChI=1S/C12H15N/c1-4-9-12(3,5-2)11-8-6-7-10-13-11/h4-8,10H,1-2,9H2,3H3/t12-/m1/s1. The molecule has 1 atom stereocenters. The first-order valence-corrected chi connectivity index (χ1v) is 4.39. The lowest BCUT2D eigenvalue weighted by atomic mass is 9.83. The van der Waals surface area contributed by atoms with Gasteiger partial charge in [-0.15, -0.1) is 13.2 Å². The van der Waals surface area contributed by atoms with Gasteiger partial charge in [-0.25, -0.2) is 0 Å². The van der Waals surface area contributed by atoms with Crippen molar-refractivity contribution in [3.8, 4) is 0 Å². The molecule has 1 heterocycles. The summed E-state index contributed by atoms with van der Waals surface area (Å²) in [6.07, 6.45) is 6.50. The molecule has 13 heavy (non-hydrogen) atoms. The van der Waals surface area contributed by atoms with Crippen LogP contribution in [0.3, 0.4) is 0 Å². The minimum Gasteiger partial charge on any atom is -0.260 e. The van der Waals surface area contributed by atoms with E-state index < -0.39 is 0 Å². The summed E-state index contributed by atoms with van der Waals surface area (Å²) in [4.78, 5) is 4.32. The van der Waals surface area contributed by atoms with Gasteiger partial charge in [0.15, 0.2) is 0 Å². The van der Waals surface area contributed by atoms with Crippen LogP contribution in [-0.2, 0) is 5.41 Å². The summed E-state index contributed by atoms with van der Waals surface area (Å²) in [6, 6.07) is 5.93. The van der Waals surface area contributed by atoms with E-state index >= 15 is 0 Å². The molecule has 68 valence electrons. The fourth-order valence-electron chi connectivity index (χ4n) is 1.29. The minimum atomic E-state index is -0.0803. The van der Waals surface area contributed by atoms with Gasteiger partial charge < -0.3 is 0 Å². The zero-order chi connectivity index (χ0) is 9.73. The molecule has 0 aliphatic heterocycles. The number of allylic oxidation sites excluding steroid dienone is 2. The van der Waals surface area contributed by atoms with Crippen LogP contribution < -0.4 is 0 Å². The summed E-state index contributed by atoms with van der Waals surface area (Å²) in [7, 11) is 0. The maximum absolute atomic E-state index is 4.32. The first-order valence-electron chi connectivity index (χ1n) is 4.39. The minimum absolute atomic E-state index is 0.0803. The molecule has 1 rings (SSSR count). The third-order valence-corrected chi connectivity index (χ3v) is 2.27. The molecule has 0 aromatic carbocycles. The molecule has 0 unspecified atom stereocenters. The second-order valence-electron chi connectivity index (χ2n) is 3.33. The van der Waals surface area contributed by atoms with Gasteiger partial charge in [0, 0.05) is 11.6 Å². The molecule has 0 saturated carbocycles. The van der Waals surface area contributed by atoms with E-state index in [9.17, 15) is 0 Å². The van der Waals surface area contributed by atoms with Gasteiger partial charge in [0.1, 0.15) is 0 Å². The Morgan fingerprint density at radius 3 is 2.69 bits per heavy atom. The second kappa shape index (κ2) is 4.04. The maximum atomic E-state index is 4.32. The highest BCUT2D eigenvalue weighted by Crippen LogP contribution is 2.26. The van der Waals surface area contributed by atoms with Crippen LogP contribution in [-0.4, -0.2) is 4.98 Å². The summed E-state index contributed by atoms with van der Waals surface area (Å²) in [6.45, 7) is 9.70. The Balaban J connectivity index is 3.02. The number of pyridine rings is 1. The van der Waals surface area contributed by atoms with Crippen molar-refractivity contribution in [1.82, 2.24) is 4.98 Å². The summed E-state index contributed by atoms with van der Waals surface area (Å²) >= 11 is 0. The summed E-state index contributed by atoms with van der Waals surface area (Å²) < 4.78 is 0. The maximum Gasteiger partial charge on any atom is 0.0503 e. The van der Waals surface area contributed by atoms with Crippen LogP contribution in [0.1, 0.15) is 19.0 Å². The summed E-state index contributed by atoms with van der Waals surface area (Å²) in [5.74, 6) is 0. The van der Waals surface area contributed by atoms with Crippen molar-refractivity contribution in [1.29, 1.82) is 0 Å². The molecule has 0 bridgehead atoms. The molecule has 0 fully saturated rings. The van der Waals surface area contributed by atoms with Crippen molar-refractivity contribution in [2.45, 2.75) is 18.8 Å². The molecule has 0 aliphatic carbocycles. The first-order chi connectivity index (χ1) is 6.23. The first kappa shape index (κ1) is 9.72. The number of hydrogen-bond donors (Lipinski definition) is 0. The van der Waals surface area contributed by atoms with Crippen molar-refractivity contribution in [3.63, 3.8) is 0 Å². The van der Waals surface area contributed by atoms with Gasteiger partial charge in [-0.2, -0.15) is 0 Å². The molecular formula is C12H15N. The molecule has 0 aliphatic rings. The van der Waals surface area contributed by atoms with E-state index in [1.165, 1.54) is 0 Å². The van der Waals surface area contributed by atoms with Gasteiger partial charge in [0.25, 0.3) is 0 Å². The normalized spacial score (nSPS) is 14.5. The van der Waals surface area contributed by atoms with Crippen LogP contribution in [0.5, 0.6) is 0 Å². The van der Waals surface area contributed by atoms with Crippen molar-refractivity contribution >= 4 is 0 Å². The van der Waals surface area contributed by atoms with Crippen molar-refractivity contribution < 1.29 is 0 Å². The Kier molecular flexibility index (Phi) is 3.02. The van der Waals surface area contributed by atoms with E-state index in [0.717, 1.165) is 12.1 Å². The fourth-order valence-corrected chi connectivity index (χ4v) is 1.29. The SMILES string of the molecule is C=CC[C@@](C)(C=C)c1ccccn1. The molecule has 0 N–H and O–H groups in total. The fraction of sp³-hybridized carbons (Fsp3) is 0.250. The largest absolute Gasteiger partial charge is 0.260 e. The quantitative estimate of drug-likeness (QED) is 0.637. The topological polar surface area (TPSA) is 12.9 Å². The van der Waals surface area contributed by atoms with Gasteiger partial charge in [-0.05, 0) is 18.6 Å². The molecule has 0 amide bonds. The molecule has 0 spiro atoms. The van der Waals surface area contributed by atoms with Gasteiger partial charge in [0.05, 0.1) is 5.69 Å². The predicted molar refractivity (Wildman–Crippen MR) is 56.6 cm³/mol. The molecule has 1 aromatic heterocycles. The Bertz CT molecular complexity index is 289. The van der Waals surface area contributed by atoms with Crippen molar-refractivity contribution in [3.05, 3.63) is 55.4 Å². The number of hydrogen-bond acceptors (Lipinski definition) is 1. The Hall–Kier alpha value is -1.37. The molecule has 1 aromatic rings. The Morgan fingerprint density at radius 1 is 1.46 bits per heavy atom. The summed E-state index contributed by atoms with van der Waals surface area (Å²) in [5.41, 5.74) is 0.966. The summed E-state index contributed by atoms with van der Waals surface area (Å²) in [5, 5.41) is 0. The van der Waals surface area contributed by atoms with Gasteiger partial charge in [-0.1, -0.05) is 25.1 Å². The van der Waals surface area contributed by atoms with Crippen molar-refractivity contribution in [2.75, 3.05) is 0 Å². The number of aromatic nitrogens is 1. The van der Waals surface area contributed by atoms with E-state index in [0.29, 0.717) is 0 Å². The second-order valence-corrected chi connectivity index (χ2v) is 3.33. The lowest BCUT2D eigenvalue weighted by molar-refractivity contribution is 0.586. The van der Waals surface area contributed by atoms with Gasteiger partial charge in [-0.3, -0.25) is 4.98 Å². The highest BCUT2D eigenvalue weighted by molar-refractivity contribution is 5.23. The zero-order valence-corrected chi connectivity index (χ0v) is 8.03. The lowest BCUT2D eigenvalue weighted by Crippen LogP contribution is -2.18. The highest BCUT2D eigenvalue weighted by Gasteiger charge is 2.21. The zero-order valence-electron chi connectivity index (χ0n) is 8.03. The van der Waals surface area contributed by atoms with Gasteiger partial charge >= 0.3 is 0 Å². The number of nitrogens with zero attached hydrogens (tertiary/aromatic N) is 1. The average Bonchev–Trinajstić information content (AvgIpc) is 2.19. The molecular weight excluding hydrogens is 158 g/mol. The highest BCUT2D eigenvalue weighted by atomic mass is 14.7. The van der Waals surface area contributed by atoms with E-state index in [1.54, 1.807) is 6.20 Å². The van der Waals surface area contributed by atoms with Crippen LogP contribution in [0, 0.1) is 0 Å². The third-order valence-electron chi connectivity index (χ3n) is 2.27. The van der Waals surface area contributed by atoms with Crippen LogP contribution >= 0.6 is 0 Å². The van der Waals surface area contributed by atoms with E-state index in [1.807, 2.05) is 30.4 Å². The van der Waals surface area contributed by atoms with E-state index in [4.69, 9.17) is 0 Å². The lowest BCUT2D eigenvalue weighted by Gasteiger charge is -2.23. The van der Waals surface area contributed by atoms with Crippen LogP contribution in [0.4, 0.5) is 0 Å². The monoisotopic (exact) mass is 173 g/mol. The van der Waals surface area contributed by atoms with Crippen molar-refractivity contribution in [2.24, 2.45) is 0 Å². The average molecular weight is 173 g/mol. The molecule has 1 heteroatoms. The van der Waals surface area contributed by atoms with Crippen LogP contribution in [0.25, 0.3) is 0 Å². The van der Waals surface area contributed by atoms with Crippen LogP contribution in [0.15, 0.2) is 49.7 Å². The molecule has 0 radical (unpaired) electrons. The Labute approximate surface area is 79.8 Å². The van der Waals surface area contributed by atoms with E-state index in [2.05, 4.69) is 25.1 Å². The third kappa shape index (κ3) is 2.05. The smallest absolute Gasteiger partial charge is 0.0503 e. The number of rotatable bonds is 4. The predicted octanol–water partition coefficient (Wildman–Crippen LogP) is 3.10. The van der Waals surface area contributed by atoms with Crippen LogP contribution in [0.2, 0.25) is 0 Å². The van der Waals surface area contributed by atoms with E-state index in [-0.39, 0.29) is 5.41 Å². The van der Waals surface area contributed by atoms with Gasteiger partial charge in [0.2, 0.25) is 0 Å². The Morgan fingerprint density at radius 2 is 2.23 bits per heavy atom.